The Bertz CT molecular complexity index is 1250. The van der Waals surface area contributed by atoms with Crippen LogP contribution >= 0.6 is 0 Å². The molecule has 9 nitrogen and oxygen atoms in total. The predicted molar refractivity (Wildman–Crippen MR) is 123 cm³/mol. The maximum absolute atomic E-state index is 12.8. The molecule has 9 heteroatoms. The molecular weight excluding hydrogens is 416 g/mol. The number of fused-ring (bicyclic) bond motifs is 2. The van der Waals surface area contributed by atoms with Gasteiger partial charge in [-0.2, -0.15) is 5.10 Å². The molecule has 0 radical (unpaired) electrons. The molecule has 3 aliphatic rings. The Balaban J connectivity index is 1.11. The zero-order valence-electron chi connectivity index (χ0n) is 19.7. The Morgan fingerprint density at radius 1 is 1.21 bits per heavy atom. The number of aryl methyl sites for hydroxylation is 2. The number of carbonyl (C=O) groups is 1. The number of anilines is 1. The molecule has 0 aromatic carbocycles. The molecule has 3 aromatic rings. The van der Waals surface area contributed by atoms with Crippen molar-refractivity contribution >= 4 is 11.9 Å². The van der Waals surface area contributed by atoms with E-state index in [-0.39, 0.29) is 11.9 Å². The van der Waals surface area contributed by atoms with E-state index in [1.54, 1.807) is 17.1 Å². The zero-order valence-corrected chi connectivity index (χ0v) is 19.7. The second kappa shape index (κ2) is 6.88. The molecular formula is C24H30N8O. The molecule has 1 saturated heterocycles. The Labute approximate surface area is 193 Å². The quantitative estimate of drug-likeness (QED) is 0.647. The molecule has 2 fully saturated rings. The van der Waals surface area contributed by atoms with Crippen LogP contribution in [0.5, 0.6) is 0 Å². The van der Waals surface area contributed by atoms with Crippen LogP contribution in [0, 0.1) is 17.8 Å². The fourth-order valence-corrected chi connectivity index (χ4v) is 5.75. The molecule has 0 unspecified atom stereocenters. The Morgan fingerprint density at radius 3 is 2.76 bits per heavy atom. The van der Waals surface area contributed by atoms with Crippen LogP contribution < -0.4 is 10.2 Å². The zero-order chi connectivity index (χ0) is 23.0. The second-order valence-corrected chi connectivity index (χ2v) is 10.6. The summed E-state index contributed by atoms with van der Waals surface area (Å²) < 4.78 is 3.80. The number of piperidine rings is 1. The van der Waals surface area contributed by atoms with Gasteiger partial charge in [-0.05, 0) is 37.0 Å². The Morgan fingerprint density at radius 2 is 2.00 bits per heavy atom. The molecule has 1 amide bonds. The summed E-state index contributed by atoms with van der Waals surface area (Å²) >= 11 is 0. The number of nitrogens with one attached hydrogen (secondary N) is 1. The van der Waals surface area contributed by atoms with E-state index in [2.05, 4.69) is 39.1 Å². The highest BCUT2D eigenvalue weighted by Gasteiger charge is 2.66. The van der Waals surface area contributed by atoms with Gasteiger partial charge in [0.2, 0.25) is 5.95 Å². The summed E-state index contributed by atoms with van der Waals surface area (Å²) in [6, 6.07) is -0.0404. The molecule has 33 heavy (non-hydrogen) atoms. The van der Waals surface area contributed by atoms with Crippen LogP contribution in [0.2, 0.25) is 0 Å². The maximum Gasteiger partial charge on any atom is 0.255 e. The fourth-order valence-electron chi connectivity index (χ4n) is 5.75. The summed E-state index contributed by atoms with van der Waals surface area (Å²) in [6.45, 7) is 9.33. The van der Waals surface area contributed by atoms with Gasteiger partial charge in [0.15, 0.2) is 0 Å². The van der Waals surface area contributed by atoms with Crippen molar-refractivity contribution in [2.45, 2.75) is 52.6 Å². The van der Waals surface area contributed by atoms with E-state index < -0.39 is 0 Å². The highest BCUT2D eigenvalue weighted by atomic mass is 16.1. The van der Waals surface area contributed by atoms with Crippen molar-refractivity contribution in [1.29, 1.82) is 0 Å². The standard InChI is InChI=1S/C24H30N8O/c1-15-16(7-25-22(28-15)31-12-23(2)11-24(23,3)13-31)9-32-10-17(8-27-32)21(33)29-18-5-6-19-20(18)26-14-30(19)4/h7-8,10,14,18H,5-6,9,11-13H2,1-4H3,(H,29,33)/t18-,23-,24+/m1/s1. The van der Waals surface area contributed by atoms with E-state index in [9.17, 15) is 4.79 Å². The van der Waals surface area contributed by atoms with Crippen LogP contribution in [0.4, 0.5) is 5.95 Å². The van der Waals surface area contributed by atoms with Crippen LogP contribution in [0.1, 0.15) is 65.7 Å². The predicted octanol–water partition coefficient (Wildman–Crippen LogP) is 2.42. The minimum Gasteiger partial charge on any atom is -0.343 e. The normalized spacial score (nSPS) is 27.5. The number of hydrogen-bond donors (Lipinski definition) is 1. The van der Waals surface area contributed by atoms with Gasteiger partial charge in [0.05, 0.1) is 36.4 Å². The lowest BCUT2D eigenvalue weighted by molar-refractivity contribution is 0.0936. The molecule has 3 atom stereocenters. The van der Waals surface area contributed by atoms with E-state index in [1.165, 1.54) is 12.1 Å². The van der Waals surface area contributed by atoms with Crippen molar-refractivity contribution in [2.24, 2.45) is 17.9 Å². The average Bonchev–Trinajstić information content (AvgIpc) is 3.33. The number of aromatic nitrogens is 6. The lowest BCUT2D eigenvalue weighted by Crippen LogP contribution is -2.27. The fraction of sp³-hybridized carbons (Fsp3) is 0.542. The Hall–Kier alpha value is -3.23. The first-order chi connectivity index (χ1) is 15.7. The third-order valence-electron chi connectivity index (χ3n) is 8.17. The monoisotopic (exact) mass is 446 g/mol. The summed E-state index contributed by atoms with van der Waals surface area (Å²) in [5.41, 5.74) is 5.49. The molecule has 172 valence electrons. The van der Waals surface area contributed by atoms with Gasteiger partial charge in [-0.1, -0.05) is 13.8 Å². The number of carbonyl (C=O) groups excluding carboxylic acids is 1. The number of rotatable bonds is 5. The number of nitrogens with zero attached hydrogens (tertiary/aromatic N) is 7. The summed E-state index contributed by atoms with van der Waals surface area (Å²) in [5, 5.41) is 7.51. The summed E-state index contributed by atoms with van der Waals surface area (Å²) in [4.78, 5) is 29.0. The van der Waals surface area contributed by atoms with Crippen LogP contribution in [0.3, 0.4) is 0 Å². The maximum atomic E-state index is 12.8. The first-order valence-electron chi connectivity index (χ1n) is 11.7. The van der Waals surface area contributed by atoms with Crippen molar-refractivity contribution in [3.8, 4) is 0 Å². The highest BCUT2D eigenvalue weighted by Crippen LogP contribution is 2.67. The summed E-state index contributed by atoms with van der Waals surface area (Å²) in [7, 11) is 1.99. The topological polar surface area (TPSA) is 93.8 Å². The van der Waals surface area contributed by atoms with Gasteiger partial charge < -0.3 is 14.8 Å². The molecule has 4 heterocycles. The van der Waals surface area contributed by atoms with Gasteiger partial charge in [-0.15, -0.1) is 0 Å². The molecule has 2 aliphatic carbocycles. The van der Waals surface area contributed by atoms with Gasteiger partial charge in [-0.25, -0.2) is 15.0 Å². The third-order valence-corrected chi connectivity index (χ3v) is 8.17. The second-order valence-electron chi connectivity index (χ2n) is 10.6. The molecule has 0 bridgehead atoms. The first-order valence-corrected chi connectivity index (χ1v) is 11.7. The highest BCUT2D eigenvalue weighted by molar-refractivity contribution is 5.94. The summed E-state index contributed by atoms with van der Waals surface area (Å²) in [5.74, 6) is 0.694. The minimum atomic E-state index is -0.123. The largest absolute Gasteiger partial charge is 0.343 e. The first kappa shape index (κ1) is 20.4. The molecule has 0 spiro atoms. The van der Waals surface area contributed by atoms with E-state index in [4.69, 9.17) is 4.98 Å². The lowest BCUT2D eigenvalue weighted by Gasteiger charge is -2.21. The van der Waals surface area contributed by atoms with E-state index >= 15 is 0 Å². The van der Waals surface area contributed by atoms with Crippen LogP contribution in [-0.2, 0) is 20.0 Å². The van der Waals surface area contributed by atoms with Crippen molar-refractivity contribution in [1.82, 2.24) is 34.6 Å². The van der Waals surface area contributed by atoms with Crippen LogP contribution in [0.25, 0.3) is 0 Å². The average molecular weight is 447 g/mol. The number of hydrogen-bond acceptors (Lipinski definition) is 6. The molecule has 1 N–H and O–H groups in total. The SMILES string of the molecule is Cc1nc(N2C[C@@]3(C)C[C@@]3(C)C2)ncc1Cn1cc(C(=O)N[C@@H]2CCc3c2ncn3C)cn1. The van der Waals surface area contributed by atoms with Crippen molar-refractivity contribution < 1.29 is 4.79 Å². The van der Waals surface area contributed by atoms with E-state index in [0.29, 0.717) is 22.9 Å². The smallest absolute Gasteiger partial charge is 0.255 e. The van der Waals surface area contributed by atoms with Crippen molar-refractivity contribution in [3.63, 3.8) is 0 Å². The van der Waals surface area contributed by atoms with Gasteiger partial charge >= 0.3 is 0 Å². The van der Waals surface area contributed by atoms with Crippen LogP contribution in [0.15, 0.2) is 24.9 Å². The van der Waals surface area contributed by atoms with E-state index in [1.807, 2.05) is 31.1 Å². The van der Waals surface area contributed by atoms with Gasteiger partial charge in [0, 0.05) is 49.5 Å². The number of amides is 1. The summed E-state index contributed by atoms with van der Waals surface area (Å²) in [6.07, 6.45) is 10.2. The lowest BCUT2D eigenvalue weighted by atomic mass is 10.0. The number of imidazole rings is 1. The van der Waals surface area contributed by atoms with Crippen LogP contribution in [-0.4, -0.2) is 48.3 Å². The molecule has 6 rings (SSSR count). The van der Waals surface area contributed by atoms with E-state index in [0.717, 1.165) is 48.8 Å². The van der Waals surface area contributed by atoms with Gasteiger partial charge in [-0.3, -0.25) is 9.48 Å². The van der Waals surface area contributed by atoms with Crippen molar-refractivity contribution in [2.75, 3.05) is 18.0 Å². The third kappa shape index (κ3) is 3.24. The minimum absolute atomic E-state index is 0.0404. The van der Waals surface area contributed by atoms with Crippen molar-refractivity contribution in [3.05, 3.63) is 53.1 Å². The Kier molecular flexibility index (Phi) is 4.25. The molecule has 1 aliphatic heterocycles. The molecule has 3 aromatic heterocycles. The molecule has 1 saturated carbocycles. The van der Waals surface area contributed by atoms with Gasteiger partial charge in [0.25, 0.3) is 5.91 Å². The van der Waals surface area contributed by atoms with Gasteiger partial charge in [0.1, 0.15) is 0 Å².